The van der Waals surface area contributed by atoms with Crippen LogP contribution in [-0.4, -0.2) is 27.8 Å². The predicted octanol–water partition coefficient (Wildman–Crippen LogP) is 0.604. The fourth-order valence-electron chi connectivity index (χ4n) is 2.07. The van der Waals surface area contributed by atoms with Gasteiger partial charge in [0.25, 0.3) is 0 Å². The van der Waals surface area contributed by atoms with Crippen LogP contribution in [-0.2, 0) is 17.9 Å². The molecule has 0 spiro atoms. The van der Waals surface area contributed by atoms with Crippen molar-refractivity contribution in [3.05, 3.63) is 53.9 Å². The van der Waals surface area contributed by atoms with E-state index in [0.717, 1.165) is 11.1 Å². The van der Waals surface area contributed by atoms with E-state index in [1.807, 2.05) is 41.2 Å². The number of hydrogen-bond donors (Lipinski definition) is 3. The molecular weight excluding hydrogens is 282 g/mol. The van der Waals surface area contributed by atoms with Gasteiger partial charge in [0.1, 0.15) is 6.04 Å². The van der Waals surface area contributed by atoms with Crippen LogP contribution in [0.4, 0.5) is 4.79 Å². The molecule has 116 valence electrons. The van der Waals surface area contributed by atoms with Gasteiger partial charge in [-0.25, -0.2) is 4.79 Å². The summed E-state index contributed by atoms with van der Waals surface area (Å²) in [5.74, 6) is -0.285. The van der Waals surface area contributed by atoms with E-state index in [2.05, 4.69) is 15.7 Å². The number of carbonyl (C=O) groups excluding carboxylic acids is 2. The third-order valence-electron chi connectivity index (χ3n) is 3.22. The van der Waals surface area contributed by atoms with Crippen LogP contribution in [0.2, 0.25) is 0 Å². The molecule has 3 amide bonds. The van der Waals surface area contributed by atoms with Gasteiger partial charge < -0.3 is 16.4 Å². The molecule has 1 atom stereocenters. The van der Waals surface area contributed by atoms with Crippen molar-refractivity contribution in [1.29, 1.82) is 0 Å². The largest absolute Gasteiger partial charge is 0.352 e. The third-order valence-corrected chi connectivity index (χ3v) is 3.22. The average molecular weight is 301 g/mol. The fourth-order valence-corrected chi connectivity index (χ4v) is 2.07. The van der Waals surface area contributed by atoms with Gasteiger partial charge in [-0.05, 0) is 24.1 Å². The normalized spacial score (nSPS) is 11.7. The maximum atomic E-state index is 11.9. The second-order valence-electron chi connectivity index (χ2n) is 4.92. The van der Waals surface area contributed by atoms with Gasteiger partial charge >= 0.3 is 6.03 Å². The molecule has 1 unspecified atom stereocenters. The van der Waals surface area contributed by atoms with Crippen LogP contribution in [0, 0.1) is 0 Å². The first-order valence-corrected chi connectivity index (χ1v) is 6.94. The summed E-state index contributed by atoms with van der Waals surface area (Å²) in [5.41, 5.74) is 7.07. The van der Waals surface area contributed by atoms with Gasteiger partial charge in [0.05, 0.1) is 6.54 Å². The number of aromatic nitrogens is 2. The van der Waals surface area contributed by atoms with Gasteiger partial charge in [0, 0.05) is 18.9 Å². The number of rotatable bonds is 6. The van der Waals surface area contributed by atoms with E-state index >= 15 is 0 Å². The van der Waals surface area contributed by atoms with Crippen molar-refractivity contribution in [3.8, 4) is 0 Å². The third kappa shape index (κ3) is 4.34. The Balaban J connectivity index is 1.98. The Labute approximate surface area is 128 Å². The molecule has 0 saturated heterocycles. The zero-order valence-electron chi connectivity index (χ0n) is 12.3. The molecule has 1 aromatic heterocycles. The molecule has 1 heterocycles. The molecule has 1 aromatic carbocycles. The smallest absolute Gasteiger partial charge is 0.312 e. The molecule has 7 nitrogen and oxygen atoms in total. The van der Waals surface area contributed by atoms with Crippen molar-refractivity contribution in [2.45, 2.75) is 26.1 Å². The Morgan fingerprint density at radius 1 is 1.27 bits per heavy atom. The first-order valence-electron chi connectivity index (χ1n) is 6.94. The molecule has 4 N–H and O–H groups in total. The second kappa shape index (κ2) is 7.26. The van der Waals surface area contributed by atoms with E-state index in [1.165, 1.54) is 0 Å². The van der Waals surface area contributed by atoms with Crippen LogP contribution in [0.5, 0.6) is 0 Å². The lowest BCUT2D eigenvalue weighted by Gasteiger charge is -2.14. The average Bonchev–Trinajstić information content (AvgIpc) is 2.98. The summed E-state index contributed by atoms with van der Waals surface area (Å²) in [7, 11) is 0. The van der Waals surface area contributed by atoms with Crippen LogP contribution in [0.3, 0.4) is 0 Å². The molecule has 0 bridgehead atoms. The standard InChI is InChI=1S/C15H19N5O2/c1-11(19-15(16)22)14(21)17-9-12-5-2-3-6-13(12)10-20-8-4-7-18-20/h2-8,11H,9-10H2,1H3,(H,17,21)(H3,16,19,22). The number of primary amides is 1. The number of nitrogens with zero attached hydrogens (tertiary/aromatic N) is 2. The zero-order valence-corrected chi connectivity index (χ0v) is 12.3. The topological polar surface area (TPSA) is 102 Å². The van der Waals surface area contributed by atoms with E-state index < -0.39 is 12.1 Å². The molecule has 0 aliphatic rings. The fraction of sp³-hybridized carbons (Fsp3) is 0.267. The highest BCUT2D eigenvalue weighted by molar-refractivity contribution is 5.86. The first kappa shape index (κ1) is 15.6. The van der Waals surface area contributed by atoms with Crippen molar-refractivity contribution in [1.82, 2.24) is 20.4 Å². The van der Waals surface area contributed by atoms with Gasteiger partial charge in [-0.2, -0.15) is 5.10 Å². The van der Waals surface area contributed by atoms with Gasteiger partial charge in [0.2, 0.25) is 5.91 Å². The van der Waals surface area contributed by atoms with Gasteiger partial charge in [-0.15, -0.1) is 0 Å². The van der Waals surface area contributed by atoms with E-state index in [1.54, 1.807) is 13.1 Å². The highest BCUT2D eigenvalue weighted by Crippen LogP contribution is 2.10. The summed E-state index contributed by atoms with van der Waals surface area (Å²) in [6.45, 7) is 2.59. The lowest BCUT2D eigenvalue weighted by molar-refractivity contribution is -0.122. The number of carbonyl (C=O) groups is 2. The Hall–Kier alpha value is -2.83. The van der Waals surface area contributed by atoms with Crippen molar-refractivity contribution in [2.75, 3.05) is 0 Å². The zero-order chi connectivity index (χ0) is 15.9. The quantitative estimate of drug-likeness (QED) is 0.728. The Morgan fingerprint density at radius 2 is 2.00 bits per heavy atom. The monoisotopic (exact) mass is 301 g/mol. The number of nitrogens with one attached hydrogen (secondary N) is 2. The van der Waals surface area contributed by atoms with E-state index in [0.29, 0.717) is 13.1 Å². The van der Waals surface area contributed by atoms with Gasteiger partial charge in [0.15, 0.2) is 0 Å². The maximum absolute atomic E-state index is 11.9. The minimum Gasteiger partial charge on any atom is -0.352 e. The number of nitrogens with two attached hydrogens (primary N) is 1. The van der Waals surface area contributed by atoms with Gasteiger partial charge in [-0.3, -0.25) is 9.48 Å². The second-order valence-corrected chi connectivity index (χ2v) is 4.92. The number of benzene rings is 1. The molecule has 2 aromatic rings. The van der Waals surface area contributed by atoms with Crippen molar-refractivity contribution < 1.29 is 9.59 Å². The maximum Gasteiger partial charge on any atom is 0.312 e. The van der Waals surface area contributed by atoms with Crippen LogP contribution < -0.4 is 16.4 Å². The minimum absolute atomic E-state index is 0.285. The van der Waals surface area contributed by atoms with Crippen LogP contribution in [0.15, 0.2) is 42.7 Å². The highest BCUT2D eigenvalue weighted by Gasteiger charge is 2.14. The summed E-state index contributed by atoms with van der Waals surface area (Å²) in [4.78, 5) is 22.6. The number of hydrogen-bond acceptors (Lipinski definition) is 3. The Bertz CT molecular complexity index is 639. The predicted molar refractivity (Wildman–Crippen MR) is 81.8 cm³/mol. The van der Waals surface area contributed by atoms with Crippen molar-refractivity contribution in [2.24, 2.45) is 5.73 Å². The van der Waals surface area contributed by atoms with E-state index in [9.17, 15) is 9.59 Å². The molecule has 2 rings (SSSR count). The molecule has 22 heavy (non-hydrogen) atoms. The molecular formula is C15H19N5O2. The molecule has 0 saturated carbocycles. The lowest BCUT2D eigenvalue weighted by Crippen LogP contribution is -2.46. The van der Waals surface area contributed by atoms with Crippen molar-refractivity contribution >= 4 is 11.9 Å². The van der Waals surface area contributed by atoms with Crippen LogP contribution >= 0.6 is 0 Å². The lowest BCUT2D eigenvalue weighted by atomic mass is 10.1. The summed E-state index contributed by atoms with van der Waals surface area (Å²) in [6.07, 6.45) is 3.61. The van der Waals surface area contributed by atoms with E-state index in [-0.39, 0.29) is 5.91 Å². The van der Waals surface area contributed by atoms with E-state index in [4.69, 9.17) is 5.73 Å². The highest BCUT2D eigenvalue weighted by atomic mass is 16.2. The molecule has 0 radical (unpaired) electrons. The van der Waals surface area contributed by atoms with Crippen LogP contribution in [0.25, 0.3) is 0 Å². The van der Waals surface area contributed by atoms with Gasteiger partial charge in [-0.1, -0.05) is 24.3 Å². The van der Waals surface area contributed by atoms with Crippen LogP contribution in [0.1, 0.15) is 18.1 Å². The molecule has 7 heteroatoms. The first-order chi connectivity index (χ1) is 10.6. The minimum atomic E-state index is -0.721. The summed E-state index contributed by atoms with van der Waals surface area (Å²) in [6, 6.07) is 8.28. The molecule has 0 fully saturated rings. The Morgan fingerprint density at radius 3 is 2.64 bits per heavy atom. The Kier molecular flexibility index (Phi) is 5.13. The summed E-state index contributed by atoms with van der Waals surface area (Å²) < 4.78 is 1.82. The number of urea groups is 1. The summed E-state index contributed by atoms with van der Waals surface area (Å²) >= 11 is 0. The van der Waals surface area contributed by atoms with Crippen molar-refractivity contribution in [3.63, 3.8) is 0 Å². The summed E-state index contributed by atoms with van der Waals surface area (Å²) in [5, 5.41) is 9.30. The molecule has 0 aliphatic carbocycles. The number of amides is 3. The molecule has 0 aliphatic heterocycles. The SMILES string of the molecule is CC(NC(N)=O)C(=O)NCc1ccccc1Cn1cccn1.